The van der Waals surface area contributed by atoms with Crippen LogP contribution in [0, 0.1) is 11.6 Å². The number of hydrazine groups is 1. The van der Waals surface area contributed by atoms with Crippen molar-refractivity contribution in [3.8, 4) is 16.9 Å². The van der Waals surface area contributed by atoms with Crippen LogP contribution in [0.1, 0.15) is 30.9 Å². The minimum absolute atomic E-state index is 0.0166. The Morgan fingerprint density at radius 1 is 1.10 bits per heavy atom. The topological polar surface area (TPSA) is 107 Å². The predicted molar refractivity (Wildman–Crippen MR) is 179 cm³/mol. The molecule has 51 heavy (non-hydrogen) atoms. The number of nitrogens with one attached hydrogen (secondary N) is 1. The lowest BCUT2D eigenvalue weighted by Gasteiger charge is -2.46. The zero-order valence-electron chi connectivity index (χ0n) is 27.9. The summed E-state index contributed by atoms with van der Waals surface area (Å²) in [5.41, 5.74) is -2.89. The van der Waals surface area contributed by atoms with E-state index in [4.69, 9.17) is 9.47 Å². The van der Waals surface area contributed by atoms with Gasteiger partial charge < -0.3 is 19.9 Å². The van der Waals surface area contributed by atoms with Crippen molar-refractivity contribution in [3.63, 3.8) is 0 Å². The zero-order chi connectivity index (χ0) is 36.5. The number of aliphatic hydroxyl groups excluding tert-OH is 1. The Hall–Kier alpha value is -4.25. The molecule has 2 aromatic carbocycles. The molecule has 16 heteroatoms. The number of morpholine rings is 1. The molecule has 2 fully saturated rings. The van der Waals surface area contributed by atoms with Crippen LogP contribution < -0.4 is 10.1 Å². The second-order valence-electron chi connectivity index (χ2n) is 12.5. The van der Waals surface area contributed by atoms with Gasteiger partial charge in [0.25, 0.3) is 11.8 Å². The minimum Gasteiger partial charge on any atom is -0.509 e. The van der Waals surface area contributed by atoms with Crippen molar-refractivity contribution in [2.75, 3.05) is 57.6 Å². The third-order valence-corrected chi connectivity index (χ3v) is 10.0. The summed E-state index contributed by atoms with van der Waals surface area (Å²) in [7, 11) is 0. The van der Waals surface area contributed by atoms with Crippen molar-refractivity contribution in [3.05, 3.63) is 82.8 Å². The Bertz CT molecular complexity index is 1840. The minimum atomic E-state index is -4.69. The van der Waals surface area contributed by atoms with E-state index in [2.05, 4.69) is 15.2 Å². The van der Waals surface area contributed by atoms with Crippen LogP contribution in [0.4, 0.5) is 27.6 Å². The molecule has 2 amide bonds. The van der Waals surface area contributed by atoms with Crippen LogP contribution in [0.25, 0.3) is 11.1 Å². The van der Waals surface area contributed by atoms with Gasteiger partial charge in [-0.05, 0) is 56.4 Å². The standard InChI is InChI=1S/C35H36F5N5O5S/c1-34-10-3-11-45(34)44(20-22-4-8-26(30(37)29(22)36)50-17-14-43-12-15-49-16-13-43)33(48)28(31(34)46)32(47)42-25-7-6-23(35(38,39)40)18-24(25)21-5-9-27(51-2)41-19-21/h4-9,18-19,46H,3,10-17,20H2,1-2H3,(H,42,47)/t34-/m1/s1. The molecule has 0 unspecified atom stereocenters. The zero-order valence-corrected chi connectivity index (χ0v) is 28.7. The highest BCUT2D eigenvalue weighted by Crippen LogP contribution is 2.43. The molecule has 2 N–H and O–H groups in total. The highest BCUT2D eigenvalue weighted by Gasteiger charge is 2.53. The van der Waals surface area contributed by atoms with Crippen LogP contribution >= 0.6 is 11.8 Å². The van der Waals surface area contributed by atoms with Crippen LogP contribution in [-0.4, -0.2) is 94.6 Å². The maximum atomic E-state index is 15.5. The maximum Gasteiger partial charge on any atom is 0.416 e. The molecular weight excluding hydrogens is 697 g/mol. The monoisotopic (exact) mass is 733 g/mol. The highest BCUT2D eigenvalue weighted by atomic mass is 32.2. The van der Waals surface area contributed by atoms with Crippen LogP contribution in [0.3, 0.4) is 0 Å². The van der Waals surface area contributed by atoms with E-state index in [0.29, 0.717) is 50.7 Å². The number of carbonyl (C=O) groups is 2. The predicted octanol–water partition coefficient (Wildman–Crippen LogP) is 6.04. The molecule has 6 rings (SSSR count). The summed E-state index contributed by atoms with van der Waals surface area (Å²) in [6.45, 7) is 4.61. The third-order valence-electron chi connectivity index (χ3n) is 9.38. The van der Waals surface area contributed by atoms with Crippen molar-refractivity contribution in [1.29, 1.82) is 0 Å². The van der Waals surface area contributed by atoms with E-state index < -0.39 is 58.6 Å². The van der Waals surface area contributed by atoms with Crippen LogP contribution in [-0.2, 0) is 27.0 Å². The number of nitrogens with zero attached hydrogens (tertiary/aromatic N) is 4. The smallest absolute Gasteiger partial charge is 0.416 e. The Kier molecular flexibility index (Phi) is 10.6. The molecular formula is C35H36F5N5O5S. The number of halogens is 5. The third kappa shape index (κ3) is 7.40. The first kappa shape index (κ1) is 36.5. The maximum absolute atomic E-state index is 15.5. The van der Waals surface area contributed by atoms with Crippen LogP contribution in [0.5, 0.6) is 5.75 Å². The van der Waals surface area contributed by atoms with E-state index in [0.717, 1.165) is 23.2 Å². The molecule has 0 saturated carbocycles. The number of amides is 2. The van der Waals surface area contributed by atoms with Crippen LogP contribution in [0.2, 0.25) is 0 Å². The fraction of sp³-hybridized carbons (Fsp3) is 0.400. The Labute approximate surface area is 295 Å². The van der Waals surface area contributed by atoms with E-state index in [1.165, 1.54) is 35.1 Å². The van der Waals surface area contributed by atoms with Gasteiger partial charge in [0.05, 0.1) is 35.9 Å². The molecule has 0 aliphatic carbocycles. The summed E-state index contributed by atoms with van der Waals surface area (Å²) in [4.78, 5) is 34.2. The van der Waals surface area contributed by atoms with E-state index in [-0.39, 0.29) is 41.3 Å². The fourth-order valence-corrected chi connectivity index (χ4v) is 6.90. The van der Waals surface area contributed by atoms with Gasteiger partial charge >= 0.3 is 6.18 Å². The molecule has 272 valence electrons. The number of rotatable bonds is 10. The van der Waals surface area contributed by atoms with Gasteiger partial charge in [0.15, 0.2) is 11.6 Å². The average molecular weight is 734 g/mol. The number of aliphatic hydroxyl groups is 1. The second kappa shape index (κ2) is 14.8. The summed E-state index contributed by atoms with van der Waals surface area (Å²) in [6, 6.07) is 8.46. The number of alkyl halides is 3. The normalized spacial score (nSPS) is 20.1. The van der Waals surface area contributed by atoms with Gasteiger partial charge in [0.2, 0.25) is 5.82 Å². The molecule has 1 aromatic heterocycles. The number of anilines is 1. The molecule has 2 saturated heterocycles. The van der Waals surface area contributed by atoms with Crippen molar-refractivity contribution < 1.29 is 46.1 Å². The summed E-state index contributed by atoms with van der Waals surface area (Å²) in [5, 5.41) is 17.2. The lowest BCUT2D eigenvalue weighted by Crippen LogP contribution is -2.60. The van der Waals surface area contributed by atoms with Gasteiger partial charge in [-0.3, -0.25) is 19.5 Å². The molecule has 3 aromatic rings. The number of ether oxygens (including phenoxy) is 2. The van der Waals surface area contributed by atoms with E-state index >= 15 is 8.78 Å². The Morgan fingerprint density at radius 3 is 2.55 bits per heavy atom. The van der Waals surface area contributed by atoms with Gasteiger partial charge in [-0.2, -0.15) is 17.6 Å². The van der Waals surface area contributed by atoms with Gasteiger partial charge in [-0.15, -0.1) is 11.8 Å². The molecule has 1 atom stereocenters. The summed E-state index contributed by atoms with van der Waals surface area (Å²) in [6.07, 6.45) is -0.698. The summed E-state index contributed by atoms with van der Waals surface area (Å²) < 4.78 is 82.7. The lowest BCUT2D eigenvalue weighted by molar-refractivity contribution is -0.160. The van der Waals surface area contributed by atoms with Crippen molar-refractivity contribution in [1.82, 2.24) is 19.9 Å². The van der Waals surface area contributed by atoms with Gasteiger partial charge in [0.1, 0.15) is 17.9 Å². The number of aromatic nitrogens is 1. The molecule has 3 aliphatic heterocycles. The first-order valence-electron chi connectivity index (χ1n) is 16.3. The Balaban J connectivity index is 1.26. The number of thioether (sulfide) groups is 1. The highest BCUT2D eigenvalue weighted by molar-refractivity contribution is 7.98. The summed E-state index contributed by atoms with van der Waals surface area (Å²) >= 11 is 1.34. The molecule has 0 radical (unpaired) electrons. The molecule has 3 aliphatic rings. The van der Waals surface area contributed by atoms with Crippen LogP contribution in [0.15, 0.2) is 65.0 Å². The first-order chi connectivity index (χ1) is 24.3. The van der Waals surface area contributed by atoms with E-state index in [9.17, 15) is 27.9 Å². The molecule has 0 spiro atoms. The van der Waals surface area contributed by atoms with Gasteiger partial charge in [-0.1, -0.05) is 12.1 Å². The van der Waals surface area contributed by atoms with Crippen molar-refractivity contribution in [2.24, 2.45) is 0 Å². The largest absolute Gasteiger partial charge is 0.509 e. The number of benzene rings is 2. The van der Waals surface area contributed by atoms with Gasteiger partial charge in [0, 0.05) is 54.8 Å². The average Bonchev–Trinajstić information content (AvgIpc) is 3.52. The molecule has 0 bridgehead atoms. The lowest BCUT2D eigenvalue weighted by atomic mass is 9.90. The first-order valence-corrected chi connectivity index (χ1v) is 17.5. The number of carbonyl (C=O) groups excluding carboxylic acids is 2. The SMILES string of the molecule is CSc1ccc(-c2cc(C(F)(F)F)ccc2NC(=O)C2=C(O)[C@@]3(C)CCCN3N(Cc3ccc(OCCN4CCOCC4)c(F)c3F)C2=O)cn1. The van der Waals surface area contributed by atoms with Crippen molar-refractivity contribution in [2.45, 2.75) is 43.1 Å². The van der Waals surface area contributed by atoms with Crippen molar-refractivity contribution >= 4 is 29.3 Å². The Morgan fingerprint density at radius 2 is 1.86 bits per heavy atom. The van der Waals surface area contributed by atoms with E-state index in [1.54, 1.807) is 25.3 Å². The van der Waals surface area contributed by atoms with E-state index in [1.807, 2.05) is 0 Å². The quantitative estimate of drug-likeness (QED) is 0.147. The van der Waals surface area contributed by atoms with Gasteiger partial charge in [-0.25, -0.2) is 14.4 Å². The molecule has 10 nitrogen and oxygen atoms in total. The fourth-order valence-electron chi connectivity index (χ4n) is 6.54. The number of fused-ring (bicyclic) bond motifs is 1. The second-order valence-corrected chi connectivity index (χ2v) is 13.4. The number of pyridine rings is 1. The summed E-state index contributed by atoms with van der Waals surface area (Å²) in [5.74, 6) is -5.35. The number of hydrogen-bond donors (Lipinski definition) is 2. The number of hydrogen-bond acceptors (Lipinski definition) is 9. The molecule has 4 heterocycles.